The molecule has 1 aromatic heterocycles. The first kappa shape index (κ1) is 18.5. The fourth-order valence-electron chi connectivity index (χ4n) is 2.23. The van der Waals surface area contributed by atoms with Crippen LogP contribution in [0.5, 0.6) is 5.75 Å². The number of nitrogens with zero attached hydrogens (tertiary/aromatic N) is 1. The highest BCUT2D eigenvalue weighted by Gasteiger charge is 2.11. The average Bonchev–Trinajstić information content (AvgIpc) is 2.97. The Balaban J connectivity index is 1.70. The van der Waals surface area contributed by atoms with Gasteiger partial charge in [0.25, 0.3) is 0 Å². The summed E-state index contributed by atoms with van der Waals surface area (Å²) in [6.45, 7) is 7.79. The molecule has 1 heterocycles. The molecule has 0 saturated carbocycles. The Hall–Kier alpha value is -1.88. The molecular weight excluding hydrogens is 320 g/mol. The minimum absolute atomic E-state index is 0.0322. The maximum absolute atomic E-state index is 11.9. The molecule has 0 aliphatic heterocycles. The van der Waals surface area contributed by atoms with Gasteiger partial charge in [-0.3, -0.25) is 4.79 Å². The van der Waals surface area contributed by atoms with Crippen LogP contribution in [0, 0.1) is 5.41 Å². The van der Waals surface area contributed by atoms with Gasteiger partial charge in [-0.15, -0.1) is 11.3 Å². The number of hydrogen-bond donors (Lipinski definition) is 1. The zero-order chi connectivity index (χ0) is 17.4. The molecule has 24 heavy (non-hydrogen) atoms. The number of ether oxygens (including phenoxy) is 1. The zero-order valence-corrected chi connectivity index (χ0v) is 15.5. The molecule has 1 N–H and O–H groups in total. The number of aromatic nitrogens is 1. The molecule has 4 nitrogen and oxygen atoms in total. The number of amides is 1. The fourth-order valence-corrected chi connectivity index (χ4v) is 2.94. The summed E-state index contributed by atoms with van der Waals surface area (Å²) < 4.78 is 5.67. The lowest BCUT2D eigenvalue weighted by Crippen LogP contribution is -2.27. The van der Waals surface area contributed by atoms with Crippen LogP contribution in [0.2, 0.25) is 0 Å². The molecule has 130 valence electrons. The van der Waals surface area contributed by atoms with Crippen molar-refractivity contribution in [1.29, 1.82) is 0 Å². The van der Waals surface area contributed by atoms with E-state index in [1.165, 1.54) is 11.3 Å². The Labute approximate surface area is 148 Å². The van der Waals surface area contributed by atoms with E-state index in [1.54, 1.807) is 0 Å². The first-order valence-electron chi connectivity index (χ1n) is 8.30. The van der Waals surface area contributed by atoms with Crippen molar-refractivity contribution in [2.75, 3.05) is 6.54 Å². The lowest BCUT2D eigenvalue weighted by atomic mass is 9.91. The van der Waals surface area contributed by atoms with Crippen LogP contribution in [0.15, 0.2) is 35.7 Å². The third kappa shape index (κ3) is 7.13. The normalized spacial score (nSPS) is 11.3. The summed E-state index contributed by atoms with van der Waals surface area (Å²) in [5, 5.41) is 5.78. The summed E-state index contributed by atoms with van der Waals surface area (Å²) in [6, 6.07) is 9.66. The minimum atomic E-state index is 0.0322. The molecule has 1 aromatic carbocycles. The largest absolute Gasteiger partial charge is 0.486 e. The topological polar surface area (TPSA) is 51.2 Å². The smallest absolute Gasteiger partial charge is 0.226 e. The van der Waals surface area contributed by atoms with E-state index in [9.17, 15) is 4.79 Å². The average molecular weight is 346 g/mol. The van der Waals surface area contributed by atoms with Crippen LogP contribution < -0.4 is 10.1 Å². The number of thiazole rings is 1. The van der Waals surface area contributed by atoms with Crippen molar-refractivity contribution in [3.8, 4) is 5.75 Å². The maximum atomic E-state index is 11.9. The molecule has 2 aromatic rings. The number of rotatable bonds is 8. The molecule has 0 bridgehead atoms. The van der Waals surface area contributed by atoms with Gasteiger partial charge in [-0.25, -0.2) is 4.98 Å². The van der Waals surface area contributed by atoms with E-state index in [1.807, 2.05) is 35.7 Å². The van der Waals surface area contributed by atoms with E-state index in [4.69, 9.17) is 4.74 Å². The molecule has 2 rings (SSSR count). The van der Waals surface area contributed by atoms with Crippen molar-refractivity contribution in [2.24, 2.45) is 5.41 Å². The number of nitrogens with one attached hydrogen (secondary N) is 1. The second kappa shape index (κ2) is 8.83. The van der Waals surface area contributed by atoms with Gasteiger partial charge in [-0.1, -0.05) is 39.0 Å². The van der Waals surface area contributed by atoms with E-state index in [-0.39, 0.29) is 5.91 Å². The van der Waals surface area contributed by atoms with Crippen molar-refractivity contribution in [1.82, 2.24) is 10.3 Å². The second-order valence-electron chi connectivity index (χ2n) is 7.03. The number of hydrogen-bond acceptors (Lipinski definition) is 4. The van der Waals surface area contributed by atoms with Crippen LogP contribution in [-0.4, -0.2) is 17.4 Å². The van der Waals surface area contributed by atoms with Gasteiger partial charge in [0.2, 0.25) is 5.91 Å². The molecule has 0 unspecified atom stereocenters. The fraction of sp³-hybridized carbons (Fsp3) is 0.474. The van der Waals surface area contributed by atoms with Gasteiger partial charge in [0.1, 0.15) is 17.4 Å². The summed E-state index contributed by atoms with van der Waals surface area (Å²) in [6.07, 6.45) is 2.44. The molecule has 5 heteroatoms. The van der Waals surface area contributed by atoms with Crippen LogP contribution in [0.3, 0.4) is 0 Å². The SMILES string of the molecule is CC(C)(C)CCCNC(=O)Cc1csc(COc2ccccc2)n1. The molecular formula is C19H26N2O2S. The van der Waals surface area contributed by atoms with Gasteiger partial charge in [0.15, 0.2) is 0 Å². The monoisotopic (exact) mass is 346 g/mol. The lowest BCUT2D eigenvalue weighted by Gasteiger charge is -2.17. The first-order chi connectivity index (χ1) is 11.4. The van der Waals surface area contributed by atoms with Crippen LogP contribution in [0.1, 0.15) is 44.3 Å². The number of carbonyl (C=O) groups is 1. The predicted octanol–water partition coefficient (Wildman–Crippen LogP) is 4.21. The Kier molecular flexibility index (Phi) is 6.79. The van der Waals surface area contributed by atoms with Gasteiger partial charge in [-0.05, 0) is 30.4 Å². The predicted molar refractivity (Wildman–Crippen MR) is 98.3 cm³/mol. The minimum Gasteiger partial charge on any atom is -0.486 e. The molecule has 0 atom stereocenters. The standard InChI is InChI=1S/C19H26N2O2S/c1-19(2,3)10-7-11-20-17(22)12-15-14-24-18(21-15)13-23-16-8-5-4-6-9-16/h4-6,8-9,14H,7,10-13H2,1-3H3,(H,20,22). The molecule has 0 fully saturated rings. The van der Waals surface area contributed by atoms with Gasteiger partial charge < -0.3 is 10.1 Å². The summed E-state index contributed by atoms with van der Waals surface area (Å²) in [7, 11) is 0. The number of carbonyl (C=O) groups excluding carboxylic acids is 1. The van der Waals surface area contributed by atoms with Crippen molar-refractivity contribution in [3.05, 3.63) is 46.4 Å². The van der Waals surface area contributed by atoms with Gasteiger partial charge >= 0.3 is 0 Å². The van der Waals surface area contributed by atoms with E-state index in [0.717, 1.165) is 35.8 Å². The molecule has 1 amide bonds. The van der Waals surface area contributed by atoms with Crippen LogP contribution >= 0.6 is 11.3 Å². The van der Waals surface area contributed by atoms with Crippen molar-refractivity contribution in [2.45, 2.75) is 46.6 Å². The Bertz CT molecular complexity index is 632. The Morgan fingerprint density at radius 3 is 2.71 bits per heavy atom. The number of benzene rings is 1. The van der Waals surface area contributed by atoms with Gasteiger partial charge in [-0.2, -0.15) is 0 Å². The number of para-hydroxylation sites is 1. The molecule has 0 spiro atoms. The highest BCUT2D eigenvalue weighted by Crippen LogP contribution is 2.20. The quantitative estimate of drug-likeness (QED) is 0.729. The summed E-state index contributed by atoms with van der Waals surface area (Å²) in [5.74, 6) is 0.857. The van der Waals surface area contributed by atoms with E-state index >= 15 is 0 Å². The second-order valence-corrected chi connectivity index (χ2v) is 7.97. The van der Waals surface area contributed by atoms with Crippen molar-refractivity contribution < 1.29 is 9.53 Å². The van der Waals surface area contributed by atoms with Gasteiger partial charge in [0.05, 0.1) is 12.1 Å². The summed E-state index contributed by atoms with van der Waals surface area (Å²) >= 11 is 1.53. The van der Waals surface area contributed by atoms with Crippen molar-refractivity contribution >= 4 is 17.2 Å². The highest BCUT2D eigenvalue weighted by molar-refractivity contribution is 7.09. The van der Waals surface area contributed by atoms with Crippen molar-refractivity contribution in [3.63, 3.8) is 0 Å². The molecule has 0 aliphatic rings. The summed E-state index contributed by atoms with van der Waals surface area (Å²) in [5.41, 5.74) is 1.12. The molecule has 0 aliphatic carbocycles. The first-order valence-corrected chi connectivity index (χ1v) is 9.18. The van der Waals surface area contributed by atoms with Crippen LogP contribution in [0.4, 0.5) is 0 Å². The van der Waals surface area contributed by atoms with E-state index in [2.05, 4.69) is 31.1 Å². The lowest BCUT2D eigenvalue weighted by molar-refractivity contribution is -0.120. The Morgan fingerprint density at radius 2 is 2.00 bits per heavy atom. The zero-order valence-electron chi connectivity index (χ0n) is 14.7. The van der Waals surface area contributed by atoms with E-state index in [0.29, 0.717) is 18.4 Å². The molecule has 0 radical (unpaired) electrons. The summed E-state index contributed by atoms with van der Waals surface area (Å²) in [4.78, 5) is 16.4. The van der Waals surface area contributed by atoms with Gasteiger partial charge in [0, 0.05) is 11.9 Å². The van der Waals surface area contributed by atoms with Crippen LogP contribution in [-0.2, 0) is 17.8 Å². The third-order valence-corrected chi connectivity index (χ3v) is 4.34. The highest BCUT2D eigenvalue weighted by atomic mass is 32.1. The van der Waals surface area contributed by atoms with Crippen LogP contribution in [0.25, 0.3) is 0 Å². The third-order valence-electron chi connectivity index (χ3n) is 3.47. The van der Waals surface area contributed by atoms with E-state index < -0.39 is 0 Å². The Morgan fingerprint density at radius 1 is 1.25 bits per heavy atom. The maximum Gasteiger partial charge on any atom is 0.226 e. The molecule has 0 saturated heterocycles.